The first-order valence-corrected chi connectivity index (χ1v) is 14.1. The maximum atomic E-state index is 13.6. The summed E-state index contributed by atoms with van der Waals surface area (Å²) in [6.45, 7) is 8.41. The van der Waals surface area contributed by atoms with E-state index in [-0.39, 0.29) is 12.5 Å². The minimum absolute atomic E-state index is 0.219. The highest BCUT2D eigenvalue weighted by atomic mass is 32.2. The molecule has 0 aliphatic carbocycles. The van der Waals surface area contributed by atoms with Gasteiger partial charge >= 0.3 is 0 Å². The summed E-state index contributed by atoms with van der Waals surface area (Å²) < 4.78 is 26.5. The predicted molar refractivity (Wildman–Crippen MR) is 142 cm³/mol. The summed E-state index contributed by atoms with van der Waals surface area (Å²) in [5.41, 5.74) is 2.55. The molecule has 2 rings (SSSR count). The highest BCUT2D eigenvalue weighted by molar-refractivity contribution is 7.92. The summed E-state index contributed by atoms with van der Waals surface area (Å²) in [6.07, 6.45) is 2.87. The Morgan fingerprint density at radius 1 is 0.971 bits per heavy atom. The first kappa shape index (κ1) is 28.4. The summed E-state index contributed by atoms with van der Waals surface area (Å²) in [4.78, 5) is 28.0. The molecule has 2 amide bonds. The fourth-order valence-corrected chi connectivity index (χ4v) is 4.75. The van der Waals surface area contributed by atoms with E-state index in [0.717, 1.165) is 28.1 Å². The van der Waals surface area contributed by atoms with E-state index in [4.69, 9.17) is 0 Å². The number of carbonyl (C=O) groups excluding carboxylic acids is 2. The highest BCUT2D eigenvalue weighted by Crippen LogP contribution is 2.22. The lowest BCUT2D eigenvalue weighted by molar-refractivity contribution is -0.139. The molecule has 0 saturated heterocycles. The summed E-state index contributed by atoms with van der Waals surface area (Å²) in [6, 6.07) is 16.3. The van der Waals surface area contributed by atoms with Gasteiger partial charge in [-0.25, -0.2) is 8.42 Å². The normalized spacial score (nSPS) is 12.3. The molecule has 1 atom stereocenters. The van der Waals surface area contributed by atoms with Gasteiger partial charge in [-0.05, 0) is 48.4 Å². The number of nitrogens with zero attached hydrogens (tertiary/aromatic N) is 2. The van der Waals surface area contributed by atoms with Gasteiger partial charge in [-0.15, -0.1) is 0 Å². The summed E-state index contributed by atoms with van der Waals surface area (Å²) in [5.74, 6) is -0.321. The summed E-state index contributed by atoms with van der Waals surface area (Å²) >= 11 is 0. The fourth-order valence-electron chi connectivity index (χ4n) is 3.90. The Kier molecular flexibility index (Phi) is 10.8. The molecule has 0 aliphatic rings. The Labute approximate surface area is 210 Å². The molecule has 0 saturated carbocycles. The van der Waals surface area contributed by atoms with Crippen molar-refractivity contribution in [3.05, 3.63) is 65.7 Å². The van der Waals surface area contributed by atoms with E-state index in [1.54, 1.807) is 12.1 Å². The minimum atomic E-state index is -3.73. The third kappa shape index (κ3) is 8.38. The smallest absolute Gasteiger partial charge is 0.244 e. The van der Waals surface area contributed by atoms with Crippen molar-refractivity contribution in [1.82, 2.24) is 10.2 Å². The molecule has 0 heterocycles. The number of anilines is 1. The standard InChI is InChI=1S/C27H39N3O4S/c1-6-18-28-27(32)25(7-2)29(19-17-22-11-9-8-10-12-22)26(31)20-30(35(5,33)34)24-15-13-23(14-16-24)21(3)4/h8-16,21,25H,6-7,17-20H2,1-5H3,(H,28,32)/t25-/m1/s1. The van der Waals surface area contributed by atoms with Crippen LogP contribution in [0.5, 0.6) is 0 Å². The monoisotopic (exact) mass is 501 g/mol. The van der Waals surface area contributed by atoms with Crippen molar-refractivity contribution < 1.29 is 18.0 Å². The number of sulfonamides is 1. The van der Waals surface area contributed by atoms with Crippen LogP contribution in [0.1, 0.15) is 57.6 Å². The van der Waals surface area contributed by atoms with E-state index in [0.29, 0.717) is 37.5 Å². The van der Waals surface area contributed by atoms with Gasteiger partial charge in [-0.2, -0.15) is 0 Å². The van der Waals surface area contributed by atoms with E-state index >= 15 is 0 Å². The first-order chi connectivity index (χ1) is 16.6. The Morgan fingerprint density at radius 3 is 2.11 bits per heavy atom. The molecule has 192 valence electrons. The lowest BCUT2D eigenvalue weighted by Gasteiger charge is -2.33. The molecule has 2 aromatic rings. The van der Waals surface area contributed by atoms with Gasteiger partial charge in [0.1, 0.15) is 12.6 Å². The quantitative estimate of drug-likeness (QED) is 0.450. The topological polar surface area (TPSA) is 86.8 Å². The average Bonchev–Trinajstić information content (AvgIpc) is 2.83. The number of rotatable bonds is 13. The molecule has 35 heavy (non-hydrogen) atoms. The minimum Gasteiger partial charge on any atom is -0.354 e. The summed E-state index contributed by atoms with van der Waals surface area (Å²) in [5, 5.41) is 2.88. The van der Waals surface area contributed by atoms with Crippen LogP contribution in [0.3, 0.4) is 0 Å². The van der Waals surface area contributed by atoms with Crippen molar-refractivity contribution in [3.63, 3.8) is 0 Å². The van der Waals surface area contributed by atoms with Crippen LogP contribution in [-0.2, 0) is 26.0 Å². The average molecular weight is 502 g/mol. The molecule has 1 N–H and O–H groups in total. The fraction of sp³-hybridized carbons (Fsp3) is 0.481. The van der Waals surface area contributed by atoms with E-state index in [1.807, 2.05) is 56.3 Å². The molecule has 8 heteroatoms. The van der Waals surface area contributed by atoms with E-state index in [9.17, 15) is 18.0 Å². The number of benzene rings is 2. The maximum Gasteiger partial charge on any atom is 0.244 e. The Morgan fingerprint density at radius 2 is 1.60 bits per heavy atom. The molecule has 0 fully saturated rings. The van der Waals surface area contributed by atoms with Crippen molar-refractivity contribution >= 4 is 27.5 Å². The van der Waals surface area contributed by atoms with E-state index < -0.39 is 22.0 Å². The van der Waals surface area contributed by atoms with Crippen molar-refractivity contribution in [3.8, 4) is 0 Å². The maximum absolute atomic E-state index is 13.6. The van der Waals surface area contributed by atoms with Gasteiger partial charge in [0, 0.05) is 13.1 Å². The van der Waals surface area contributed by atoms with Gasteiger partial charge in [0.25, 0.3) is 0 Å². The third-order valence-electron chi connectivity index (χ3n) is 5.95. The molecule has 0 spiro atoms. The van der Waals surface area contributed by atoms with Crippen molar-refractivity contribution in [2.24, 2.45) is 0 Å². The lowest BCUT2D eigenvalue weighted by Crippen LogP contribution is -2.53. The van der Waals surface area contributed by atoms with Crippen LogP contribution < -0.4 is 9.62 Å². The number of hydrogen-bond acceptors (Lipinski definition) is 4. The number of amides is 2. The number of carbonyl (C=O) groups is 2. The van der Waals surface area contributed by atoms with Crippen LogP contribution >= 0.6 is 0 Å². The zero-order valence-electron chi connectivity index (χ0n) is 21.5. The van der Waals surface area contributed by atoms with Gasteiger partial charge in [0.2, 0.25) is 21.8 Å². The van der Waals surface area contributed by atoms with Gasteiger partial charge in [-0.1, -0.05) is 70.2 Å². The number of hydrogen-bond donors (Lipinski definition) is 1. The van der Waals surface area contributed by atoms with E-state index in [1.165, 1.54) is 4.90 Å². The molecule has 0 bridgehead atoms. The van der Waals surface area contributed by atoms with Crippen LogP contribution in [0.25, 0.3) is 0 Å². The zero-order chi connectivity index (χ0) is 26.0. The molecule has 2 aromatic carbocycles. The molecule has 0 unspecified atom stereocenters. The second-order valence-electron chi connectivity index (χ2n) is 9.05. The van der Waals surface area contributed by atoms with Crippen LogP contribution in [0.15, 0.2) is 54.6 Å². The van der Waals surface area contributed by atoms with Crippen molar-refractivity contribution in [2.45, 2.75) is 58.9 Å². The molecular weight excluding hydrogens is 462 g/mol. The largest absolute Gasteiger partial charge is 0.354 e. The lowest BCUT2D eigenvalue weighted by atomic mass is 10.0. The zero-order valence-corrected chi connectivity index (χ0v) is 22.3. The van der Waals surface area contributed by atoms with Gasteiger partial charge in [-0.3, -0.25) is 13.9 Å². The highest BCUT2D eigenvalue weighted by Gasteiger charge is 2.31. The summed E-state index contributed by atoms with van der Waals surface area (Å²) in [7, 11) is -3.73. The molecule has 0 aliphatic heterocycles. The first-order valence-electron chi connectivity index (χ1n) is 12.3. The predicted octanol–water partition coefficient (Wildman–Crippen LogP) is 3.95. The van der Waals surface area contributed by atoms with Gasteiger partial charge in [0.15, 0.2) is 0 Å². The van der Waals surface area contributed by atoms with Crippen LogP contribution in [0.2, 0.25) is 0 Å². The Hall–Kier alpha value is -2.87. The second kappa shape index (κ2) is 13.3. The Balaban J connectivity index is 2.34. The second-order valence-corrected chi connectivity index (χ2v) is 11.0. The SMILES string of the molecule is CCCNC(=O)[C@@H](CC)N(CCc1ccccc1)C(=O)CN(c1ccc(C(C)C)cc1)S(C)(=O)=O. The van der Waals surface area contributed by atoms with Gasteiger partial charge in [0.05, 0.1) is 11.9 Å². The Bertz CT molecular complexity index is 1050. The van der Waals surface area contributed by atoms with Crippen molar-refractivity contribution in [2.75, 3.05) is 30.2 Å². The van der Waals surface area contributed by atoms with Crippen LogP contribution in [0, 0.1) is 0 Å². The van der Waals surface area contributed by atoms with Crippen molar-refractivity contribution in [1.29, 1.82) is 0 Å². The van der Waals surface area contributed by atoms with Crippen LogP contribution in [-0.4, -0.2) is 57.1 Å². The van der Waals surface area contributed by atoms with Gasteiger partial charge < -0.3 is 10.2 Å². The molecule has 0 radical (unpaired) electrons. The molecule has 7 nitrogen and oxygen atoms in total. The molecular formula is C27H39N3O4S. The van der Waals surface area contributed by atoms with Crippen LogP contribution in [0.4, 0.5) is 5.69 Å². The molecule has 0 aromatic heterocycles. The third-order valence-corrected chi connectivity index (χ3v) is 7.09. The van der Waals surface area contributed by atoms with E-state index in [2.05, 4.69) is 19.2 Å². The number of nitrogens with one attached hydrogen (secondary N) is 1.